The number of hydrogen-bond donors (Lipinski definition) is 4. The molecule has 1 aromatic heterocycles. The number of amides is 5. The monoisotopic (exact) mass is 1020 g/mol. The molecule has 2 atom stereocenters. The van der Waals surface area contributed by atoms with E-state index in [-0.39, 0.29) is 71.7 Å². The van der Waals surface area contributed by atoms with E-state index in [1.54, 1.807) is 4.90 Å². The Morgan fingerprint density at radius 3 is 2.44 bits per heavy atom. The van der Waals surface area contributed by atoms with E-state index in [9.17, 15) is 24.3 Å². The SMILES string of the molecule is CC1c2c(cc(F)c(Cl)c2-c2c(C(N)=O)ccc(OCCO)c2F)OC1(CNC12CCC(C(=O)N3CCC(CN4CCC(c5ccc6c(N7CCC(=O)NC7=O)nn(C)c6c5)CC4)CC3)(C1)C2)c1ccccc1. The van der Waals surface area contributed by atoms with Crippen LogP contribution in [0.1, 0.15) is 104 Å². The standard InChI is InChI=1S/C55H61ClF2N8O7/c1-32-44-42(27-39(57)47(56)46(44)45-38(49(59)69)10-11-41(48(45)58)72-25-24-67)73-55(32,36-6-4-3-5-7-36)31-60-54-18-17-53(29-54,30-54)51(70)65-21-12-33(13-22-65)28-64-19-14-34(15-20-64)35-8-9-37-40(26-35)63(2)62-50(37)66-23-16-43(68)61-52(66)71/h3-11,26-27,32-34,60,67H,12-25,28-31H2,1-2H3,(H2,59,69)(H,61,68,71). The Kier molecular flexibility index (Phi) is 12.8. The molecule has 73 heavy (non-hydrogen) atoms. The van der Waals surface area contributed by atoms with Gasteiger partial charge in [-0.05, 0) is 112 Å². The van der Waals surface area contributed by atoms with Gasteiger partial charge in [0.25, 0.3) is 0 Å². The molecular formula is C55H61ClF2N8O7. The number of nitrogens with two attached hydrogens (primary N) is 1. The minimum Gasteiger partial charge on any atom is -0.488 e. The summed E-state index contributed by atoms with van der Waals surface area (Å²) >= 11 is 6.75. The second-order valence-corrected chi connectivity index (χ2v) is 21.7. The summed E-state index contributed by atoms with van der Waals surface area (Å²) in [5, 5.41) is 20.8. The van der Waals surface area contributed by atoms with Crippen LogP contribution in [0.25, 0.3) is 22.0 Å². The number of benzene rings is 4. The molecule has 5 aromatic rings. The Labute approximate surface area is 427 Å². The molecule has 4 aliphatic heterocycles. The van der Waals surface area contributed by atoms with Crippen molar-refractivity contribution in [3.05, 3.63) is 106 Å². The maximum Gasteiger partial charge on any atom is 0.329 e. The highest BCUT2D eigenvalue weighted by atomic mass is 35.5. The zero-order valence-electron chi connectivity index (χ0n) is 41.2. The topological polar surface area (TPSA) is 185 Å². The van der Waals surface area contributed by atoms with Gasteiger partial charge in [-0.25, -0.2) is 13.6 Å². The molecule has 18 heteroatoms. The fourth-order valence-corrected chi connectivity index (χ4v) is 13.5. The lowest BCUT2D eigenvalue weighted by Gasteiger charge is -2.50. The molecule has 5 amide bonds. The molecule has 3 saturated heterocycles. The first-order valence-corrected chi connectivity index (χ1v) is 26.0. The maximum atomic E-state index is 16.5. The number of aromatic nitrogens is 2. The third-order valence-corrected chi connectivity index (χ3v) is 17.5. The minimum atomic E-state index is -1.13. The number of primary amides is 1. The zero-order chi connectivity index (χ0) is 51.0. The number of piperidine rings is 2. The number of aryl methyl sites for hydroxylation is 1. The molecule has 12 rings (SSSR count). The van der Waals surface area contributed by atoms with Crippen LogP contribution in [0.4, 0.5) is 19.4 Å². The molecule has 7 aliphatic rings. The van der Waals surface area contributed by atoms with Crippen molar-refractivity contribution in [3.63, 3.8) is 0 Å². The van der Waals surface area contributed by atoms with Crippen LogP contribution in [0.3, 0.4) is 0 Å². The number of hydrogen-bond acceptors (Lipinski definition) is 10. The minimum absolute atomic E-state index is 0.0528. The Morgan fingerprint density at radius 2 is 1.73 bits per heavy atom. The van der Waals surface area contributed by atoms with Crippen molar-refractivity contribution < 1.29 is 42.5 Å². The van der Waals surface area contributed by atoms with Crippen molar-refractivity contribution >= 4 is 52.1 Å². The second kappa shape index (κ2) is 19.0. The smallest absolute Gasteiger partial charge is 0.329 e. The van der Waals surface area contributed by atoms with Crippen LogP contribution in [-0.2, 0) is 22.2 Å². The number of carbonyl (C=O) groups excluding carboxylic acids is 4. The van der Waals surface area contributed by atoms with Gasteiger partial charge >= 0.3 is 6.03 Å². The van der Waals surface area contributed by atoms with E-state index in [0.717, 1.165) is 87.7 Å². The number of imide groups is 1. The predicted molar refractivity (Wildman–Crippen MR) is 271 cm³/mol. The number of rotatable bonds is 14. The summed E-state index contributed by atoms with van der Waals surface area (Å²) in [5.74, 6) is -1.94. The van der Waals surface area contributed by atoms with Gasteiger partial charge in [-0.3, -0.25) is 29.3 Å². The number of halogens is 3. The van der Waals surface area contributed by atoms with E-state index in [0.29, 0.717) is 42.6 Å². The first kappa shape index (κ1) is 49.1. The van der Waals surface area contributed by atoms with Gasteiger partial charge in [0.15, 0.2) is 23.0 Å². The molecule has 2 unspecified atom stereocenters. The summed E-state index contributed by atoms with van der Waals surface area (Å²) in [6, 6.07) is 19.3. The number of urea groups is 1. The summed E-state index contributed by atoms with van der Waals surface area (Å²) in [7, 11) is 1.89. The van der Waals surface area contributed by atoms with Crippen molar-refractivity contribution in [1.29, 1.82) is 0 Å². The lowest BCUT2D eigenvalue weighted by Crippen LogP contribution is -2.62. The number of carbonyl (C=O) groups is 4. The summed E-state index contributed by atoms with van der Waals surface area (Å²) in [5.41, 5.74) is 6.80. The number of fused-ring (bicyclic) bond motifs is 3. The molecule has 15 nitrogen and oxygen atoms in total. The summed E-state index contributed by atoms with van der Waals surface area (Å²) < 4.78 is 46.7. The predicted octanol–water partition coefficient (Wildman–Crippen LogP) is 7.50. The average molecular weight is 1020 g/mol. The second-order valence-electron chi connectivity index (χ2n) is 21.3. The van der Waals surface area contributed by atoms with Gasteiger partial charge in [0.05, 0.1) is 28.1 Å². The Hall–Kier alpha value is -6.14. The van der Waals surface area contributed by atoms with E-state index in [1.165, 1.54) is 23.8 Å². The van der Waals surface area contributed by atoms with E-state index >= 15 is 8.78 Å². The first-order valence-electron chi connectivity index (χ1n) is 25.6. The molecule has 0 radical (unpaired) electrons. The van der Waals surface area contributed by atoms with Crippen LogP contribution in [0.5, 0.6) is 11.5 Å². The maximum absolute atomic E-state index is 16.5. The number of likely N-dealkylation sites (tertiary alicyclic amines) is 2. The highest BCUT2D eigenvalue weighted by molar-refractivity contribution is 6.34. The van der Waals surface area contributed by atoms with Crippen LogP contribution >= 0.6 is 11.6 Å². The largest absolute Gasteiger partial charge is 0.488 e. The number of nitrogens with one attached hydrogen (secondary N) is 2. The van der Waals surface area contributed by atoms with Crippen LogP contribution in [0.15, 0.2) is 66.7 Å². The molecule has 4 aromatic carbocycles. The number of ether oxygens (including phenoxy) is 2. The van der Waals surface area contributed by atoms with Crippen molar-refractivity contribution in [2.24, 2.45) is 24.1 Å². The molecule has 2 bridgehead atoms. The number of nitrogens with zero attached hydrogens (tertiary/aromatic N) is 5. The zero-order valence-corrected chi connectivity index (χ0v) is 41.9. The average Bonchev–Trinajstić information content (AvgIpc) is 4.12. The normalized spacial score (nSPS) is 25.4. The number of aliphatic hydroxyl groups is 1. The molecule has 3 aliphatic carbocycles. The lowest BCUT2D eigenvalue weighted by atomic mass is 9.63. The van der Waals surface area contributed by atoms with Crippen molar-refractivity contribution in [2.45, 2.75) is 87.7 Å². The molecule has 5 heterocycles. The van der Waals surface area contributed by atoms with Crippen LogP contribution in [0, 0.1) is 23.0 Å². The van der Waals surface area contributed by atoms with Crippen LogP contribution in [0.2, 0.25) is 5.02 Å². The van der Waals surface area contributed by atoms with E-state index in [1.807, 2.05) is 49.0 Å². The Balaban J connectivity index is 0.719. The highest BCUT2D eigenvalue weighted by Crippen LogP contribution is 2.63. The summed E-state index contributed by atoms with van der Waals surface area (Å²) in [6.45, 7) is 6.46. The van der Waals surface area contributed by atoms with Crippen molar-refractivity contribution in [2.75, 3.05) is 63.9 Å². The Morgan fingerprint density at radius 1 is 0.973 bits per heavy atom. The van der Waals surface area contributed by atoms with Crippen LogP contribution in [-0.4, -0.2) is 113 Å². The van der Waals surface area contributed by atoms with Gasteiger partial charge in [0, 0.05) is 85.8 Å². The first-order chi connectivity index (χ1) is 35.1. The van der Waals surface area contributed by atoms with E-state index in [2.05, 4.69) is 43.7 Å². The molecule has 5 N–H and O–H groups in total. The van der Waals surface area contributed by atoms with Gasteiger partial charge < -0.3 is 35.4 Å². The fourth-order valence-electron chi connectivity index (χ4n) is 13.3. The van der Waals surface area contributed by atoms with Crippen molar-refractivity contribution in [3.8, 4) is 22.6 Å². The molecule has 384 valence electrons. The quantitative estimate of drug-likeness (QED) is 0.0869. The van der Waals surface area contributed by atoms with Gasteiger partial charge in [0.1, 0.15) is 18.2 Å². The third kappa shape index (κ3) is 8.49. The van der Waals surface area contributed by atoms with E-state index in [4.69, 9.17) is 26.8 Å². The number of anilines is 1. The molecule has 0 spiro atoms. The fraction of sp³-hybridized carbons (Fsp3) is 0.473. The van der Waals surface area contributed by atoms with E-state index < -0.39 is 45.5 Å². The Bertz CT molecular complexity index is 3020. The van der Waals surface area contributed by atoms with Crippen LogP contribution < -0.4 is 30.7 Å². The number of aliphatic hydroxyl groups excluding tert-OH is 1. The lowest BCUT2D eigenvalue weighted by molar-refractivity contribution is -0.149. The molecule has 3 saturated carbocycles. The summed E-state index contributed by atoms with van der Waals surface area (Å²) in [4.78, 5) is 57.8. The van der Waals surface area contributed by atoms with Gasteiger partial charge in [0.2, 0.25) is 17.7 Å². The molecule has 6 fully saturated rings. The van der Waals surface area contributed by atoms with Gasteiger partial charge in [-0.15, -0.1) is 0 Å². The highest BCUT2D eigenvalue weighted by Gasteiger charge is 2.66. The van der Waals surface area contributed by atoms with Crippen molar-refractivity contribution in [1.82, 2.24) is 30.2 Å². The third-order valence-electron chi connectivity index (χ3n) is 17.1. The molecular weight excluding hydrogens is 958 g/mol. The van der Waals surface area contributed by atoms with Gasteiger partial charge in [-0.2, -0.15) is 5.10 Å². The van der Waals surface area contributed by atoms with Gasteiger partial charge in [-0.1, -0.05) is 54.9 Å². The summed E-state index contributed by atoms with van der Waals surface area (Å²) in [6.07, 6.45) is 7.29.